The first-order valence-electron chi connectivity index (χ1n) is 5.49. The maximum Gasteiger partial charge on any atom is 0.251 e. The Morgan fingerprint density at radius 2 is 2.38 bits per heavy atom. The maximum atomic E-state index is 11.7. The van der Waals surface area contributed by atoms with Crippen LogP contribution in [0.2, 0.25) is 0 Å². The quantitative estimate of drug-likeness (QED) is 0.836. The van der Waals surface area contributed by atoms with Crippen LogP contribution in [0.15, 0.2) is 24.3 Å². The highest BCUT2D eigenvalue weighted by molar-refractivity contribution is 5.94. The zero-order valence-corrected chi connectivity index (χ0v) is 9.23. The van der Waals surface area contributed by atoms with Crippen LogP contribution in [0.5, 0.6) is 0 Å². The van der Waals surface area contributed by atoms with Gasteiger partial charge in [0.1, 0.15) is 0 Å². The molecular formula is C13H14N2O. The molecule has 2 atom stereocenters. The lowest BCUT2D eigenvalue weighted by Crippen LogP contribution is -2.25. The van der Waals surface area contributed by atoms with Crippen LogP contribution in [0.1, 0.15) is 29.3 Å². The lowest BCUT2D eigenvalue weighted by atomic mass is 10.1. The Bertz CT molecular complexity index is 447. The molecule has 1 aromatic rings. The molecule has 16 heavy (non-hydrogen) atoms. The number of rotatable bonds is 3. The summed E-state index contributed by atoms with van der Waals surface area (Å²) >= 11 is 0. The summed E-state index contributed by atoms with van der Waals surface area (Å²) in [6, 6.07) is 8.80. The summed E-state index contributed by atoms with van der Waals surface area (Å²) in [4.78, 5) is 11.7. The molecule has 3 heteroatoms. The van der Waals surface area contributed by atoms with E-state index in [-0.39, 0.29) is 5.91 Å². The third-order valence-electron chi connectivity index (χ3n) is 3.05. The van der Waals surface area contributed by atoms with E-state index in [1.165, 1.54) is 6.42 Å². The van der Waals surface area contributed by atoms with Gasteiger partial charge in [-0.05, 0) is 36.5 Å². The van der Waals surface area contributed by atoms with E-state index in [0.717, 1.165) is 12.5 Å². The van der Waals surface area contributed by atoms with Crippen LogP contribution in [0.3, 0.4) is 0 Å². The summed E-state index contributed by atoms with van der Waals surface area (Å²) in [5.41, 5.74) is 1.08. The van der Waals surface area contributed by atoms with Gasteiger partial charge in [0, 0.05) is 12.1 Å². The predicted octanol–water partition coefficient (Wildman–Crippen LogP) is 1.94. The van der Waals surface area contributed by atoms with Crippen molar-refractivity contribution in [2.24, 2.45) is 11.8 Å². The third kappa shape index (κ3) is 2.40. The van der Waals surface area contributed by atoms with Crippen LogP contribution >= 0.6 is 0 Å². The Labute approximate surface area is 95.1 Å². The Morgan fingerprint density at radius 3 is 3.00 bits per heavy atom. The lowest BCUT2D eigenvalue weighted by Gasteiger charge is -2.04. The minimum absolute atomic E-state index is 0.0869. The van der Waals surface area contributed by atoms with Crippen molar-refractivity contribution in [2.45, 2.75) is 13.3 Å². The number of carbonyl (C=O) groups excluding carboxylic acids is 1. The van der Waals surface area contributed by atoms with Gasteiger partial charge >= 0.3 is 0 Å². The van der Waals surface area contributed by atoms with E-state index in [0.29, 0.717) is 17.0 Å². The number of nitrogens with zero attached hydrogens (tertiary/aromatic N) is 1. The van der Waals surface area contributed by atoms with E-state index in [2.05, 4.69) is 12.2 Å². The monoisotopic (exact) mass is 214 g/mol. The van der Waals surface area contributed by atoms with Crippen molar-refractivity contribution in [3.63, 3.8) is 0 Å². The van der Waals surface area contributed by atoms with Gasteiger partial charge in [-0.3, -0.25) is 4.79 Å². The molecule has 0 aromatic heterocycles. The van der Waals surface area contributed by atoms with Crippen molar-refractivity contribution >= 4 is 5.91 Å². The highest BCUT2D eigenvalue weighted by Crippen LogP contribution is 2.36. The molecule has 0 aliphatic heterocycles. The van der Waals surface area contributed by atoms with Crippen molar-refractivity contribution in [1.82, 2.24) is 5.32 Å². The Kier molecular flexibility index (Phi) is 2.91. The molecule has 0 radical (unpaired) electrons. The second-order valence-corrected chi connectivity index (χ2v) is 4.38. The molecular weight excluding hydrogens is 200 g/mol. The van der Waals surface area contributed by atoms with Gasteiger partial charge in [-0.25, -0.2) is 0 Å². The van der Waals surface area contributed by atoms with Crippen molar-refractivity contribution in [3.05, 3.63) is 35.4 Å². The number of amides is 1. The normalized spacial score (nSPS) is 22.2. The molecule has 1 saturated carbocycles. The molecule has 1 N–H and O–H groups in total. The van der Waals surface area contributed by atoms with Crippen LogP contribution in [0.25, 0.3) is 0 Å². The van der Waals surface area contributed by atoms with E-state index in [1.54, 1.807) is 24.3 Å². The van der Waals surface area contributed by atoms with Crippen LogP contribution in [-0.4, -0.2) is 12.5 Å². The number of benzene rings is 1. The first-order chi connectivity index (χ1) is 7.70. The van der Waals surface area contributed by atoms with Gasteiger partial charge < -0.3 is 5.32 Å². The molecule has 2 rings (SSSR count). The van der Waals surface area contributed by atoms with E-state index in [9.17, 15) is 4.79 Å². The van der Waals surface area contributed by atoms with Gasteiger partial charge in [-0.1, -0.05) is 13.0 Å². The number of hydrogen-bond donors (Lipinski definition) is 1. The van der Waals surface area contributed by atoms with Gasteiger partial charge in [-0.2, -0.15) is 5.26 Å². The minimum Gasteiger partial charge on any atom is -0.352 e. The van der Waals surface area contributed by atoms with Crippen molar-refractivity contribution < 1.29 is 4.79 Å². The van der Waals surface area contributed by atoms with Crippen molar-refractivity contribution in [3.8, 4) is 6.07 Å². The van der Waals surface area contributed by atoms with Crippen molar-refractivity contribution in [2.75, 3.05) is 6.54 Å². The molecule has 0 heterocycles. The molecule has 0 bridgehead atoms. The van der Waals surface area contributed by atoms with Crippen LogP contribution in [-0.2, 0) is 0 Å². The fourth-order valence-electron chi connectivity index (χ4n) is 1.74. The SMILES string of the molecule is CC1CC1CNC(=O)c1cccc(C#N)c1. The van der Waals surface area contributed by atoms with Gasteiger partial charge in [0.15, 0.2) is 0 Å². The number of nitrogens with one attached hydrogen (secondary N) is 1. The van der Waals surface area contributed by atoms with E-state index < -0.39 is 0 Å². The van der Waals surface area contributed by atoms with E-state index >= 15 is 0 Å². The van der Waals surface area contributed by atoms with Crippen LogP contribution < -0.4 is 5.32 Å². The summed E-state index contributed by atoms with van der Waals surface area (Å²) in [7, 11) is 0. The smallest absolute Gasteiger partial charge is 0.251 e. The van der Waals surface area contributed by atoms with Gasteiger partial charge in [0.05, 0.1) is 11.6 Å². The number of hydrogen-bond acceptors (Lipinski definition) is 2. The topological polar surface area (TPSA) is 52.9 Å². The second kappa shape index (κ2) is 4.36. The molecule has 1 aliphatic rings. The Balaban J connectivity index is 1.95. The molecule has 1 amide bonds. The fourth-order valence-corrected chi connectivity index (χ4v) is 1.74. The Hall–Kier alpha value is -1.82. The molecule has 3 nitrogen and oxygen atoms in total. The molecule has 1 aromatic carbocycles. The average Bonchev–Trinajstić information content (AvgIpc) is 3.02. The van der Waals surface area contributed by atoms with Gasteiger partial charge in [0.2, 0.25) is 0 Å². The molecule has 2 unspecified atom stereocenters. The predicted molar refractivity (Wildman–Crippen MR) is 60.8 cm³/mol. The number of carbonyl (C=O) groups is 1. The van der Waals surface area contributed by atoms with Crippen LogP contribution in [0, 0.1) is 23.2 Å². The molecule has 0 spiro atoms. The summed E-state index contributed by atoms with van der Waals surface area (Å²) in [6.45, 7) is 2.93. The first-order valence-corrected chi connectivity index (χ1v) is 5.49. The summed E-state index contributed by atoms with van der Waals surface area (Å²) in [5, 5.41) is 11.6. The zero-order valence-electron chi connectivity index (χ0n) is 9.23. The average molecular weight is 214 g/mol. The molecule has 0 saturated heterocycles. The summed E-state index contributed by atoms with van der Waals surface area (Å²) in [5.74, 6) is 1.30. The van der Waals surface area contributed by atoms with Crippen LogP contribution in [0.4, 0.5) is 0 Å². The largest absolute Gasteiger partial charge is 0.352 e. The fraction of sp³-hybridized carbons (Fsp3) is 0.385. The van der Waals surface area contributed by atoms with E-state index in [1.807, 2.05) is 6.07 Å². The number of nitriles is 1. The standard InChI is InChI=1S/C13H14N2O/c1-9-5-12(9)8-15-13(16)11-4-2-3-10(6-11)7-14/h2-4,6,9,12H,5,8H2,1H3,(H,15,16). The first kappa shape index (κ1) is 10.7. The Morgan fingerprint density at radius 1 is 1.62 bits per heavy atom. The van der Waals surface area contributed by atoms with E-state index in [4.69, 9.17) is 5.26 Å². The second-order valence-electron chi connectivity index (χ2n) is 4.38. The lowest BCUT2D eigenvalue weighted by molar-refractivity contribution is 0.0951. The molecule has 82 valence electrons. The molecule has 1 fully saturated rings. The van der Waals surface area contributed by atoms with Gasteiger partial charge in [-0.15, -0.1) is 0 Å². The minimum atomic E-state index is -0.0869. The molecule has 1 aliphatic carbocycles. The zero-order chi connectivity index (χ0) is 11.5. The van der Waals surface area contributed by atoms with Crippen molar-refractivity contribution in [1.29, 1.82) is 5.26 Å². The highest BCUT2D eigenvalue weighted by atomic mass is 16.1. The summed E-state index contributed by atoms with van der Waals surface area (Å²) in [6.07, 6.45) is 1.21. The third-order valence-corrected chi connectivity index (χ3v) is 3.05. The maximum absolute atomic E-state index is 11.7. The highest BCUT2D eigenvalue weighted by Gasteiger charge is 2.32. The van der Waals surface area contributed by atoms with Gasteiger partial charge in [0.25, 0.3) is 5.91 Å². The summed E-state index contributed by atoms with van der Waals surface area (Å²) < 4.78 is 0.